The Balaban J connectivity index is 1.48. The lowest BCUT2D eigenvalue weighted by molar-refractivity contribution is -0.119. The van der Waals surface area contributed by atoms with Gasteiger partial charge >= 0.3 is 0 Å². The number of hydrogen-bond acceptors (Lipinski definition) is 7. The third kappa shape index (κ3) is 4.11. The van der Waals surface area contributed by atoms with Gasteiger partial charge < -0.3 is 20.6 Å². The van der Waals surface area contributed by atoms with Gasteiger partial charge in [-0.2, -0.15) is 10.1 Å². The average molecular weight is 443 g/mol. The van der Waals surface area contributed by atoms with Crippen LogP contribution in [-0.2, 0) is 17.9 Å². The van der Waals surface area contributed by atoms with Crippen LogP contribution in [0.4, 0.5) is 26.2 Å². The lowest BCUT2D eigenvalue weighted by Gasteiger charge is -2.36. The maximum Gasteiger partial charge on any atom is 0.249 e. The average Bonchev–Trinajstić information content (AvgIpc) is 3.18. The number of anilines is 3. The van der Waals surface area contributed by atoms with Crippen molar-refractivity contribution >= 4 is 23.4 Å². The van der Waals surface area contributed by atoms with E-state index < -0.39 is 23.8 Å². The molecule has 3 heterocycles. The fourth-order valence-corrected chi connectivity index (χ4v) is 3.70. The molecule has 9 nitrogen and oxygen atoms in total. The van der Waals surface area contributed by atoms with Gasteiger partial charge in [-0.25, -0.2) is 13.8 Å². The van der Waals surface area contributed by atoms with Gasteiger partial charge in [-0.3, -0.25) is 9.48 Å². The molecule has 4 rings (SSSR count). The molecule has 11 heteroatoms. The highest BCUT2D eigenvalue weighted by Gasteiger charge is 2.36. The van der Waals surface area contributed by atoms with Crippen molar-refractivity contribution in [2.24, 2.45) is 0 Å². The summed E-state index contributed by atoms with van der Waals surface area (Å²) in [5.41, 5.74) is 2.09. The molecule has 0 saturated heterocycles. The number of likely N-dealkylation sites (N-methyl/N-ethyl adjacent to an activating group) is 1. The van der Waals surface area contributed by atoms with E-state index in [1.54, 1.807) is 38.2 Å². The van der Waals surface area contributed by atoms with Gasteiger partial charge in [-0.15, -0.1) is 0 Å². The summed E-state index contributed by atoms with van der Waals surface area (Å²) in [5, 5.41) is 20.0. The summed E-state index contributed by atoms with van der Waals surface area (Å²) >= 11 is 0. The van der Waals surface area contributed by atoms with Gasteiger partial charge in [-0.05, 0) is 19.9 Å². The third-order valence-corrected chi connectivity index (χ3v) is 5.30. The van der Waals surface area contributed by atoms with Crippen molar-refractivity contribution < 1.29 is 18.7 Å². The second-order valence-corrected chi connectivity index (χ2v) is 7.73. The van der Waals surface area contributed by atoms with Crippen LogP contribution >= 0.6 is 0 Å². The minimum absolute atomic E-state index is 0.100. The fourth-order valence-electron chi connectivity index (χ4n) is 3.70. The van der Waals surface area contributed by atoms with Crippen LogP contribution in [0.15, 0.2) is 30.6 Å². The Morgan fingerprint density at radius 3 is 2.84 bits per heavy atom. The molecule has 0 bridgehead atoms. The van der Waals surface area contributed by atoms with E-state index in [1.807, 2.05) is 0 Å². The number of aliphatic hydroxyl groups excluding tert-OH is 1. The highest BCUT2D eigenvalue weighted by molar-refractivity contribution is 6.03. The summed E-state index contributed by atoms with van der Waals surface area (Å²) in [5.74, 6) is -1.24. The number of nitrogens with one attached hydrogen (secondary N) is 2. The summed E-state index contributed by atoms with van der Waals surface area (Å²) in [4.78, 5) is 22.8. The number of carbonyl (C=O) groups excluding carboxylic acids is 1. The summed E-state index contributed by atoms with van der Waals surface area (Å²) < 4.78 is 28.8. The van der Waals surface area contributed by atoms with Crippen molar-refractivity contribution in [1.29, 1.82) is 0 Å². The smallest absolute Gasteiger partial charge is 0.249 e. The molecule has 1 amide bonds. The summed E-state index contributed by atoms with van der Waals surface area (Å²) in [6.45, 7) is 3.75. The largest absolute Gasteiger partial charge is 0.391 e. The van der Waals surface area contributed by atoms with Crippen LogP contribution in [0.5, 0.6) is 0 Å². The molecule has 2 atom stereocenters. The maximum atomic E-state index is 13.9. The molecule has 32 heavy (non-hydrogen) atoms. The van der Waals surface area contributed by atoms with Gasteiger partial charge in [0.05, 0.1) is 24.5 Å². The minimum atomic E-state index is -0.893. The number of rotatable bonds is 6. The number of nitrogens with zero attached hydrogens (tertiary/aromatic N) is 5. The molecular weight excluding hydrogens is 420 g/mol. The number of aryl methyl sites for hydroxylation is 1. The Labute approximate surface area is 183 Å². The molecule has 3 N–H and O–H groups in total. The SMILES string of the molecule is Cc1nc(NCc2cnn(Cc3cccc(F)c3F)c2)nc2c1NC(=O)[C@H]([C@H](C)O)N2C. The minimum Gasteiger partial charge on any atom is -0.391 e. The second kappa shape index (κ2) is 8.50. The van der Waals surface area contributed by atoms with Crippen molar-refractivity contribution in [1.82, 2.24) is 19.7 Å². The van der Waals surface area contributed by atoms with E-state index in [0.29, 0.717) is 29.7 Å². The van der Waals surface area contributed by atoms with Gasteiger partial charge in [0.2, 0.25) is 11.9 Å². The van der Waals surface area contributed by atoms with Gasteiger partial charge in [0.25, 0.3) is 0 Å². The van der Waals surface area contributed by atoms with Crippen LogP contribution in [0, 0.1) is 18.6 Å². The Kier molecular flexibility index (Phi) is 5.74. The second-order valence-electron chi connectivity index (χ2n) is 7.73. The Morgan fingerprint density at radius 1 is 1.31 bits per heavy atom. The molecule has 0 unspecified atom stereocenters. The zero-order chi connectivity index (χ0) is 23.0. The number of aromatic nitrogens is 4. The van der Waals surface area contributed by atoms with E-state index in [1.165, 1.54) is 16.8 Å². The van der Waals surface area contributed by atoms with Crippen LogP contribution in [0.1, 0.15) is 23.7 Å². The van der Waals surface area contributed by atoms with E-state index in [4.69, 9.17) is 0 Å². The molecule has 0 fully saturated rings. The van der Waals surface area contributed by atoms with Crippen LogP contribution < -0.4 is 15.5 Å². The zero-order valence-electron chi connectivity index (χ0n) is 17.8. The van der Waals surface area contributed by atoms with Crippen molar-refractivity contribution in [3.05, 3.63) is 59.0 Å². The highest BCUT2D eigenvalue weighted by Crippen LogP contribution is 2.33. The monoisotopic (exact) mass is 443 g/mol. The molecule has 1 aliphatic heterocycles. The fraction of sp³-hybridized carbons (Fsp3) is 0.333. The predicted octanol–water partition coefficient (Wildman–Crippen LogP) is 2.06. The molecule has 1 aliphatic rings. The number of halogens is 2. The number of amides is 1. The Morgan fingerprint density at radius 2 is 2.09 bits per heavy atom. The summed E-state index contributed by atoms with van der Waals surface area (Å²) in [6.07, 6.45) is 2.46. The third-order valence-electron chi connectivity index (χ3n) is 5.30. The number of aliphatic hydroxyl groups is 1. The summed E-state index contributed by atoms with van der Waals surface area (Å²) in [7, 11) is 1.70. The van der Waals surface area contributed by atoms with E-state index in [0.717, 1.165) is 11.6 Å². The van der Waals surface area contributed by atoms with Crippen molar-refractivity contribution in [2.45, 2.75) is 39.1 Å². The lowest BCUT2D eigenvalue weighted by Crippen LogP contribution is -2.52. The van der Waals surface area contributed by atoms with Crippen LogP contribution in [-0.4, -0.2) is 50.0 Å². The number of carbonyl (C=O) groups is 1. The highest BCUT2D eigenvalue weighted by atomic mass is 19.2. The molecule has 3 aromatic rings. The number of hydrogen-bond donors (Lipinski definition) is 3. The topological polar surface area (TPSA) is 108 Å². The first-order valence-electron chi connectivity index (χ1n) is 10.0. The normalized spacial score (nSPS) is 16.5. The molecule has 0 spiro atoms. The lowest BCUT2D eigenvalue weighted by atomic mass is 10.1. The molecule has 0 saturated carbocycles. The van der Waals surface area contributed by atoms with Gasteiger partial charge in [0.15, 0.2) is 17.5 Å². The van der Waals surface area contributed by atoms with Crippen LogP contribution in [0.3, 0.4) is 0 Å². The van der Waals surface area contributed by atoms with Crippen LogP contribution in [0.25, 0.3) is 0 Å². The molecule has 1 aromatic carbocycles. The maximum absolute atomic E-state index is 13.9. The van der Waals surface area contributed by atoms with Gasteiger partial charge in [-0.1, -0.05) is 12.1 Å². The first-order chi connectivity index (χ1) is 15.2. The Bertz CT molecular complexity index is 1170. The van der Waals surface area contributed by atoms with Crippen LogP contribution in [0.2, 0.25) is 0 Å². The van der Waals surface area contributed by atoms with E-state index in [9.17, 15) is 18.7 Å². The Hall–Kier alpha value is -3.60. The summed E-state index contributed by atoms with van der Waals surface area (Å²) in [6, 6.07) is 3.28. The molecule has 0 aliphatic carbocycles. The molecular formula is C21H23F2N7O2. The zero-order valence-corrected chi connectivity index (χ0v) is 17.8. The van der Waals surface area contributed by atoms with E-state index in [-0.39, 0.29) is 18.0 Å². The number of benzene rings is 1. The van der Waals surface area contributed by atoms with Gasteiger partial charge in [0.1, 0.15) is 11.7 Å². The standard InChI is InChI=1S/C21H23F2N7O2/c1-11-17-19(29(3)18(12(2)31)20(32)27-17)28-21(26-11)24-7-13-8-25-30(9-13)10-14-5-4-6-15(22)16(14)23/h4-6,8-9,12,18,31H,7,10H2,1-3H3,(H,27,32)(H,24,26,28)/t12-,18-/m0/s1. The molecule has 2 aromatic heterocycles. The van der Waals surface area contributed by atoms with Crippen molar-refractivity contribution in [2.75, 3.05) is 22.6 Å². The predicted molar refractivity (Wildman–Crippen MR) is 114 cm³/mol. The first-order valence-corrected chi connectivity index (χ1v) is 10.0. The van der Waals surface area contributed by atoms with Crippen molar-refractivity contribution in [3.63, 3.8) is 0 Å². The van der Waals surface area contributed by atoms with E-state index >= 15 is 0 Å². The molecule has 168 valence electrons. The van der Waals surface area contributed by atoms with Gasteiger partial charge in [0, 0.05) is 30.9 Å². The molecule has 0 radical (unpaired) electrons. The number of fused-ring (bicyclic) bond motifs is 1. The van der Waals surface area contributed by atoms with E-state index in [2.05, 4.69) is 25.7 Å². The first kappa shape index (κ1) is 21.6. The van der Waals surface area contributed by atoms with Crippen molar-refractivity contribution in [3.8, 4) is 0 Å². The quantitative estimate of drug-likeness (QED) is 0.535.